The van der Waals surface area contributed by atoms with Crippen molar-refractivity contribution in [3.8, 4) is 0 Å². The molecule has 1 aromatic heterocycles. The van der Waals surface area contributed by atoms with Gasteiger partial charge in [0, 0.05) is 31.3 Å². The second kappa shape index (κ2) is 5.19. The lowest BCUT2D eigenvalue weighted by Crippen LogP contribution is -2.42. The summed E-state index contributed by atoms with van der Waals surface area (Å²) < 4.78 is 7.69. The van der Waals surface area contributed by atoms with E-state index in [1.54, 1.807) is 0 Å². The molecule has 1 saturated heterocycles. The van der Waals surface area contributed by atoms with Crippen LogP contribution < -0.4 is 5.32 Å². The normalized spacial score (nSPS) is 25.1. The molecule has 2 heterocycles. The van der Waals surface area contributed by atoms with Crippen LogP contribution >= 0.6 is 0 Å². The molecular formula is C13H23N3O. The lowest BCUT2D eigenvalue weighted by molar-refractivity contribution is -0.00713. The zero-order valence-electron chi connectivity index (χ0n) is 11.1. The molecule has 0 radical (unpaired) electrons. The number of hydrogen-bond donors (Lipinski definition) is 1. The van der Waals surface area contributed by atoms with Gasteiger partial charge in [-0.15, -0.1) is 0 Å². The van der Waals surface area contributed by atoms with E-state index in [4.69, 9.17) is 4.74 Å². The lowest BCUT2D eigenvalue weighted by Gasteiger charge is -2.37. The van der Waals surface area contributed by atoms with E-state index in [1.165, 1.54) is 18.5 Å². The number of nitrogens with one attached hydrogen (secondary N) is 1. The quantitative estimate of drug-likeness (QED) is 0.857. The monoisotopic (exact) mass is 237 g/mol. The highest BCUT2D eigenvalue weighted by Crippen LogP contribution is 2.32. The van der Waals surface area contributed by atoms with Gasteiger partial charge in [0.05, 0.1) is 12.3 Å². The highest BCUT2D eigenvalue weighted by Gasteiger charge is 2.33. The maximum atomic E-state index is 5.69. The average Bonchev–Trinajstić information content (AvgIpc) is 2.59. The summed E-state index contributed by atoms with van der Waals surface area (Å²) in [4.78, 5) is 0. The minimum atomic E-state index is 0.243. The Kier molecular flexibility index (Phi) is 3.84. The molecule has 0 amide bonds. The average molecular weight is 237 g/mol. The summed E-state index contributed by atoms with van der Waals surface area (Å²) in [6.07, 6.45) is 3.45. The Morgan fingerprint density at radius 3 is 2.94 bits per heavy atom. The first-order valence-electron chi connectivity index (χ1n) is 6.37. The van der Waals surface area contributed by atoms with Crippen molar-refractivity contribution in [2.24, 2.45) is 12.5 Å². The highest BCUT2D eigenvalue weighted by atomic mass is 16.5. The SMILES string of the molecule is CNCC1(Cc2cc(C)nn2C)CCCOC1. The molecule has 0 spiro atoms. The molecule has 0 bridgehead atoms. The molecular weight excluding hydrogens is 214 g/mol. The third kappa shape index (κ3) is 2.87. The number of hydrogen-bond acceptors (Lipinski definition) is 3. The van der Waals surface area contributed by atoms with Gasteiger partial charge < -0.3 is 10.1 Å². The number of ether oxygens (including phenoxy) is 1. The van der Waals surface area contributed by atoms with Crippen LogP contribution in [0, 0.1) is 12.3 Å². The van der Waals surface area contributed by atoms with E-state index < -0.39 is 0 Å². The molecule has 0 aromatic carbocycles. The van der Waals surface area contributed by atoms with Crippen molar-refractivity contribution >= 4 is 0 Å². The van der Waals surface area contributed by atoms with Crippen LogP contribution in [-0.2, 0) is 18.2 Å². The van der Waals surface area contributed by atoms with Crippen molar-refractivity contribution in [3.63, 3.8) is 0 Å². The Balaban J connectivity index is 2.14. The number of aryl methyl sites for hydroxylation is 2. The van der Waals surface area contributed by atoms with Gasteiger partial charge in [-0.3, -0.25) is 4.68 Å². The molecule has 1 aliphatic rings. The van der Waals surface area contributed by atoms with Gasteiger partial charge in [-0.2, -0.15) is 5.10 Å². The first-order chi connectivity index (χ1) is 8.15. The van der Waals surface area contributed by atoms with Gasteiger partial charge in [-0.1, -0.05) is 0 Å². The van der Waals surface area contributed by atoms with Crippen LogP contribution in [-0.4, -0.2) is 36.6 Å². The Morgan fingerprint density at radius 2 is 2.41 bits per heavy atom. The number of nitrogens with zero attached hydrogens (tertiary/aromatic N) is 2. The van der Waals surface area contributed by atoms with Crippen molar-refractivity contribution in [1.29, 1.82) is 0 Å². The van der Waals surface area contributed by atoms with E-state index in [-0.39, 0.29) is 5.41 Å². The maximum Gasteiger partial charge on any atom is 0.0596 e. The molecule has 0 saturated carbocycles. The van der Waals surface area contributed by atoms with Crippen LogP contribution in [0.5, 0.6) is 0 Å². The molecule has 17 heavy (non-hydrogen) atoms. The molecule has 1 aliphatic heterocycles. The molecule has 2 rings (SSSR count). The number of rotatable bonds is 4. The van der Waals surface area contributed by atoms with Gasteiger partial charge in [0.15, 0.2) is 0 Å². The van der Waals surface area contributed by atoms with Gasteiger partial charge in [0.25, 0.3) is 0 Å². The third-order valence-electron chi connectivity index (χ3n) is 3.61. The summed E-state index contributed by atoms with van der Waals surface area (Å²) in [5.74, 6) is 0. The van der Waals surface area contributed by atoms with Crippen LogP contribution in [0.3, 0.4) is 0 Å². The zero-order valence-corrected chi connectivity index (χ0v) is 11.1. The van der Waals surface area contributed by atoms with Crippen molar-refractivity contribution in [2.45, 2.75) is 26.2 Å². The van der Waals surface area contributed by atoms with E-state index in [1.807, 2.05) is 25.7 Å². The molecule has 4 nitrogen and oxygen atoms in total. The molecule has 1 aromatic rings. The maximum absolute atomic E-state index is 5.69. The van der Waals surface area contributed by atoms with Crippen molar-refractivity contribution in [2.75, 3.05) is 26.8 Å². The minimum Gasteiger partial charge on any atom is -0.381 e. The largest absolute Gasteiger partial charge is 0.381 e. The summed E-state index contributed by atoms with van der Waals surface area (Å²) >= 11 is 0. The van der Waals surface area contributed by atoms with Gasteiger partial charge in [-0.25, -0.2) is 0 Å². The fourth-order valence-electron chi connectivity index (χ4n) is 2.84. The predicted molar refractivity (Wildman–Crippen MR) is 68.1 cm³/mol. The van der Waals surface area contributed by atoms with Gasteiger partial charge in [0.2, 0.25) is 0 Å². The summed E-state index contributed by atoms with van der Waals surface area (Å²) in [6.45, 7) is 4.83. The third-order valence-corrected chi connectivity index (χ3v) is 3.61. The van der Waals surface area contributed by atoms with Crippen molar-refractivity contribution < 1.29 is 4.74 Å². The van der Waals surface area contributed by atoms with E-state index in [9.17, 15) is 0 Å². The fraction of sp³-hybridized carbons (Fsp3) is 0.769. The smallest absolute Gasteiger partial charge is 0.0596 e. The van der Waals surface area contributed by atoms with Crippen molar-refractivity contribution in [3.05, 3.63) is 17.5 Å². The Hall–Kier alpha value is -0.870. The first kappa shape index (κ1) is 12.6. The standard InChI is InChI=1S/C13H23N3O/c1-11-7-12(16(3)15-11)8-13(9-14-2)5-4-6-17-10-13/h7,14H,4-6,8-10H2,1-3H3. The summed E-state index contributed by atoms with van der Waals surface area (Å²) in [5, 5.41) is 7.74. The molecule has 1 unspecified atom stereocenters. The number of aromatic nitrogens is 2. The van der Waals surface area contributed by atoms with E-state index in [0.717, 1.165) is 31.9 Å². The zero-order chi connectivity index (χ0) is 12.3. The highest BCUT2D eigenvalue weighted by molar-refractivity contribution is 5.11. The second-order valence-corrected chi connectivity index (χ2v) is 5.26. The summed E-state index contributed by atoms with van der Waals surface area (Å²) in [7, 11) is 4.05. The molecule has 1 N–H and O–H groups in total. The molecule has 1 atom stereocenters. The Bertz CT molecular complexity index is 361. The topological polar surface area (TPSA) is 39.1 Å². The second-order valence-electron chi connectivity index (χ2n) is 5.26. The molecule has 96 valence electrons. The van der Waals surface area contributed by atoms with Crippen molar-refractivity contribution in [1.82, 2.24) is 15.1 Å². The van der Waals surface area contributed by atoms with Crippen LogP contribution in [0.1, 0.15) is 24.2 Å². The van der Waals surface area contributed by atoms with Crippen LogP contribution in [0.2, 0.25) is 0 Å². The Morgan fingerprint density at radius 1 is 1.59 bits per heavy atom. The van der Waals surface area contributed by atoms with Crippen LogP contribution in [0.4, 0.5) is 0 Å². The van der Waals surface area contributed by atoms with Gasteiger partial charge in [-0.05, 0) is 39.3 Å². The van der Waals surface area contributed by atoms with E-state index >= 15 is 0 Å². The fourth-order valence-corrected chi connectivity index (χ4v) is 2.84. The predicted octanol–water partition coefficient (Wildman–Crippen LogP) is 1.29. The minimum absolute atomic E-state index is 0.243. The molecule has 0 aliphatic carbocycles. The molecule has 4 heteroatoms. The lowest BCUT2D eigenvalue weighted by atomic mass is 9.78. The first-order valence-corrected chi connectivity index (χ1v) is 6.37. The van der Waals surface area contributed by atoms with Gasteiger partial charge >= 0.3 is 0 Å². The van der Waals surface area contributed by atoms with Gasteiger partial charge in [0.1, 0.15) is 0 Å². The van der Waals surface area contributed by atoms with Crippen LogP contribution in [0.15, 0.2) is 6.07 Å². The summed E-state index contributed by atoms with van der Waals surface area (Å²) in [5.41, 5.74) is 2.65. The van der Waals surface area contributed by atoms with E-state index in [2.05, 4.69) is 16.5 Å². The summed E-state index contributed by atoms with van der Waals surface area (Å²) in [6, 6.07) is 2.19. The van der Waals surface area contributed by atoms with Crippen LogP contribution in [0.25, 0.3) is 0 Å². The van der Waals surface area contributed by atoms with E-state index in [0.29, 0.717) is 0 Å². The Labute approximate surface area is 103 Å². The molecule has 1 fully saturated rings.